The summed E-state index contributed by atoms with van der Waals surface area (Å²) in [5, 5.41) is 2.86. The molecule has 1 N–H and O–H groups in total. The van der Waals surface area contributed by atoms with Crippen LogP contribution in [-0.4, -0.2) is 50.2 Å². The molecule has 0 aliphatic rings. The topological polar surface area (TPSA) is 41.6 Å². The summed E-state index contributed by atoms with van der Waals surface area (Å²) in [5.41, 5.74) is 0. The van der Waals surface area contributed by atoms with Crippen LogP contribution in [0.2, 0.25) is 0 Å². The first-order valence-corrected chi connectivity index (χ1v) is 6.31. The zero-order valence-electron chi connectivity index (χ0n) is 10.9. The van der Waals surface area contributed by atoms with Crippen LogP contribution in [0.3, 0.4) is 0 Å². The molecule has 0 fully saturated rings. The van der Waals surface area contributed by atoms with Gasteiger partial charge >= 0.3 is 0 Å². The number of amides is 1. The third-order valence-electron chi connectivity index (χ3n) is 2.32. The van der Waals surface area contributed by atoms with Crippen LogP contribution in [0.1, 0.15) is 33.6 Å². The number of carbonyl (C=O) groups excluding carboxylic acids is 1. The molecule has 0 unspecified atom stereocenters. The molecule has 0 aromatic heterocycles. The van der Waals surface area contributed by atoms with E-state index >= 15 is 0 Å². The second-order valence-corrected chi connectivity index (χ2v) is 3.84. The molecule has 0 spiro atoms. The van der Waals surface area contributed by atoms with E-state index in [1.165, 1.54) is 0 Å². The molecule has 0 atom stereocenters. The maximum Gasteiger partial charge on any atom is 0.246 e. The van der Waals surface area contributed by atoms with E-state index in [9.17, 15) is 4.79 Å². The molecule has 0 rings (SSSR count). The van der Waals surface area contributed by atoms with E-state index < -0.39 is 0 Å². The first kappa shape index (κ1) is 15.4. The summed E-state index contributed by atoms with van der Waals surface area (Å²) < 4.78 is 5.15. The Balaban J connectivity index is 3.44. The molecule has 16 heavy (non-hydrogen) atoms. The van der Waals surface area contributed by atoms with Crippen LogP contribution in [0, 0.1) is 0 Å². The number of hydrogen-bond acceptors (Lipinski definition) is 3. The normalized spacial score (nSPS) is 10.8. The second-order valence-electron chi connectivity index (χ2n) is 3.84. The van der Waals surface area contributed by atoms with Crippen molar-refractivity contribution in [3.05, 3.63) is 0 Å². The number of hydrogen-bond donors (Lipinski definition) is 1. The number of likely N-dealkylation sites (N-methyl/N-ethyl adjacent to an activating group) is 1. The fourth-order valence-electron chi connectivity index (χ4n) is 1.46. The van der Waals surface area contributed by atoms with Gasteiger partial charge in [-0.1, -0.05) is 20.8 Å². The molecule has 1 amide bonds. The minimum absolute atomic E-state index is 0.0130. The lowest BCUT2D eigenvalue weighted by atomic mass is 10.4. The molecule has 0 saturated heterocycles. The van der Waals surface area contributed by atoms with Gasteiger partial charge in [0.1, 0.15) is 6.61 Å². The summed E-state index contributed by atoms with van der Waals surface area (Å²) in [4.78, 5) is 13.6. The maximum atomic E-state index is 11.3. The molecular weight excluding hydrogens is 204 g/mol. The van der Waals surface area contributed by atoms with Crippen molar-refractivity contribution in [1.29, 1.82) is 0 Å². The first-order chi connectivity index (χ1) is 7.74. The largest absolute Gasteiger partial charge is 0.372 e. The fraction of sp³-hybridized carbons (Fsp3) is 0.917. The Morgan fingerprint density at radius 1 is 1.19 bits per heavy atom. The molecule has 4 nitrogen and oxygen atoms in total. The van der Waals surface area contributed by atoms with Gasteiger partial charge in [0.2, 0.25) is 5.91 Å². The van der Waals surface area contributed by atoms with Gasteiger partial charge in [0, 0.05) is 19.7 Å². The monoisotopic (exact) mass is 230 g/mol. The zero-order chi connectivity index (χ0) is 12.2. The van der Waals surface area contributed by atoms with Gasteiger partial charge in [-0.2, -0.15) is 0 Å². The lowest BCUT2D eigenvalue weighted by Gasteiger charge is -2.19. The average molecular weight is 230 g/mol. The van der Waals surface area contributed by atoms with Crippen molar-refractivity contribution in [2.24, 2.45) is 0 Å². The van der Waals surface area contributed by atoms with Crippen molar-refractivity contribution in [3.63, 3.8) is 0 Å². The standard InChI is InChI=1S/C12H26N2O2/c1-4-8-14(6-3)9-7-13-12(15)11-16-10-5-2/h4-11H2,1-3H3,(H,13,15). The summed E-state index contributed by atoms with van der Waals surface area (Å²) in [6, 6.07) is 0. The summed E-state index contributed by atoms with van der Waals surface area (Å²) in [7, 11) is 0. The quantitative estimate of drug-likeness (QED) is 0.575. The molecule has 0 heterocycles. The van der Waals surface area contributed by atoms with E-state index in [0.717, 1.165) is 32.5 Å². The van der Waals surface area contributed by atoms with E-state index in [1.54, 1.807) is 0 Å². The molecule has 0 aliphatic carbocycles. The summed E-state index contributed by atoms with van der Waals surface area (Å²) in [5.74, 6) is -0.0130. The number of carbonyl (C=O) groups is 1. The van der Waals surface area contributed by atoms with E-state index in [0.29, 0.717) is 13.2 Å². The highest BCUT2D eigenvalue weighted by Crippen LogP contribution is 1.89. The van der Waals surface area contributed by atoms with Gasteiger partial charge in [-0.25, -0.2) is 0 Å². The lowest BCUT2D eigenvalue weighted by molar-refractivity contribution is -0.125. The van der Waals surface area contributed by atoms with E-state index in [1.807, 2.05) is 6.92 Å². The van der Waals surface area contributed by atoms with Crippen molar-refractivity contribution in [3.8, 4) is 0 Å². The van der Waals surface area contributed by atoms with Crippen molar-refractivity contribution in [2.75, 3.05) is 39.4 Å². The molecular formula is C12H26N2O2. The summed E-state index contributed by atoms with van der Waals surface area (Å²) >= 11 is 0. The predicted molar refractivity (Wildman–Crippen MR) is 66.5 cm³/mol. The number of nitrogens with zero attached hydrogens (tertiary/aromatic N) is 1. The number of ether oxygens (including phenoxy) is 1. The third kappa shape index (κ3) is 8.68. The van der Waals surface area contributed by atoms with Gasteiger partial charge in [-0.05, 0) is 25.9 Å². The average Bonchev–Trinajstić information content (AvgIpc) is 2.28. The van der Waals surface area contributed by atoms with Crippen LogP contribution >= 0.6 is 0 Å². The smallest absolute Gasteiger partial charge is 0.246 e. The predicted octanol–water partition coefficient (Wildman–Crippen LogP) is 1.26. The van der Waals surface area contributed by atoms with Crippen LogP contribution in [0.15, 0.2) is 0 Å². The molecule has 0 saturated carbocycles. The Bertz CT molecular complexity index is 174. The Morgan fingerprint density at radius 2 is 1.94 bits per heavy atom. The molecule has 0 radical (unpaired) electrons. The van der Waals surface area contributed by atoms with Crippen LogP contribution in [-0.2, 0) is 9.53 Å². The van der Waals surface area contributed by atoms with Crippen molar-refractivity contribution < 1.29 is 9.53 Å². The van der Waals surface area contributed by atoms with Crippen molar-refractivity contribution in [2.45, 2.75) is 33.6 Å². The fourth-order valence-corrected chi connectivity index (χ4v) is 1.46. The van der Waals surface area contributed by atoms with E-state index in [4.69, 9.17) is 4.74 Å². The molecule has 0 aromatic rings. The minimum Gasteiger partial charge on any atom is -0.372 e. The van der Waals surface area contributed by atoms with Gasteiger partial charge in [-0.15, -0.1) is 0 Å². The Morgan fingerprint density at radius 3 is 2.50 bits per heavy atom. The zero-order valence-corrected chi connectivity index (χ0v) is 10.9. The molecule has 0 aromatic carbocycles. The minimum atomic E-state index is -0.0130. The van der Waals surface area contributed by atoms with Crippen LogP contribution < -0.4 is 5.32 Å². The van der Waals surface area contributed by atoms with Gasteiger partial charge in [0.05, 0.1) is 0 Å². The van der Waals surface area contributed by atoms with Crippen LogP contribution in [0.4, 0.5) is 0 Å². The highest BCUT2D eigenvalue weighted by Gasteiger charge is 2.03. The molecule has 0 bridgehead atoms. The third-order valence-corrected chi connectivity index (χ3v) is 2.32. The lowest BCUT2D eigenvalue weighted by Crippen LogP contribution is -2.36. The highest BCUT2D eigenvalue weighted by molar-refractivity contribution is 5.77. The van der Waals surface area contributed by atoms with Gasteiger partial charge in [0.25, 0.3) is 0 Å². The van der Waals surface area contributed by atoms with Crippen LogP contribution in [0.5, 0.6) is 0 Å². The molecule has 4 heteroatoms. The van der Waals surface area contributed by atoms with Gasteiger partial charge < -0.3 is 15.0 Å². The van der Waals surface area contributed by atoms with Gasteiger partial charge in [0.15, 0.2) is 0 Å². The Labute approximate surface area is 99.3 Å². The molecule has 96 valence electrons. The second kappa shape index (κ2) is 10.9. The summed E-state index contributed by atoms with van der Waals surface area (Å²) in [6.07, 6.45) is 2.11. The molecule has 0 aliphatic heterocycles. The van der Waals surface area contributed by atoms with Crippen molar-refractivity contribution in [1.82, 2.24) is 10.2 Å². The van der Waals surface area contributed by atoms with Crippen molar-refractivity contribution >= 4 is 5.91 Å². The Kier molecular flexibility index (Phi) is 10.5. The Hall–Kier alpha value is -0.610. The first-order valence-electron chi connectivity index (χ1n) is 6.31. The van der Waals surface area contributed by atoms with Crippen LogP contribution in [0.25, 0.3) is 0 Å². The SMILES string of the molecule is CCCOCC(=O)NCCN(CC)CCC. The van der Waals surface area contributed by atoms with Gasteiger partial charge in [-0.3, -0.25) is 4.79 Å². The highest BCUT2D eigenvalue weighted by atomic mass is 16.5. The van der Waals surface area contributed by atoms with E-state index in [2.05, 4.69) is 24.1 Å². The summed E-state index contributed by atoms with van der Waals surface area (Å²) in [6.45, 7) is 10.9. The maximum absolute atomic E-state index is 11.3. The number of nitrogens with one attached hydrogen (secondary N) is 1. The number of rotatable bonds is 10. The van der Waals surface area contributed by atoms with E-state index in [-0.39, 0.29) is 12.5 Å².